The fourth-order valence-corrected chi connectivity index (χ4v) is 0.588. The van der Waals surface area contributed by atoms with Crippen LogP contribution in [0.5, 0.6) is 0 Å². The molecule has 0 amide bonds. The second-order valence-electron chi connectivity index (χ2n) is 4.02. The van der Waals surface area contributed by atoms with Gasteiger partial charge in [0.15, 0.2) is 0 Å². The summed E-state index contributed by atoms with van der Waals surface area (Å²) in [5, 5.41) is 0. The number of rotatable bonds is 2. The molecule has 0 bridgehead atoms. The van der Waals surface area contributed by atoms with Crippen LogP contribution in [-0.4, -0.2) is 0 Å². The van der Waals surface area contributed by atoms with Crippen LogP contribution in [0.25, 0.3) is 0 Å². The summed E-state index contributed by atoms with van der Waals surface area (Å²) < 4.78 is 0. The quantitative estimate of drug-likeness (QED) is 0.519. The highest BCUT2D eigenvalue weighted by molar-refractivity contribution is 4.88. The average molecular weight is 156 g/mol. The summed E-state index contributed by atoms with van der Waals surface area (Å²) in [4.78, 5) is 0. The van der Waals surface area contributed by atoms with Gasteiger partial charge in [0.2, 0.25) is 0 Å². The zero-order valence-corrected chi connectivity index (χ0v) is 9.12. The topological polar surface area (TPSA) is 0 Å². The maximum Gasteiger partial charge on any atom is -0.0321 e. The summed E-state index contributed by atoms with van der Waals surface area (Å²) in [6.07, 6.45) is 2.42. The van der Waals surface area contributed by atoms with E-state index in [1.165, 1.54) is 18.4 Å². The second-order valence-corrected chi connectivity index (χ2v) is 4.02. The van der Waals surface area contributed by atoms with Crippen molar-refractivity contribution in [2.24, 2.45) is 5.41 Å². The lowest BCUT2D eigenvalue weighted by molar-refractivity contribution is 0.378. The molecule has 0 unspecified atom stereocenters. The molecule has 0 aromatic carbocycles. The smallest absolute Gasteiger partial charge is 0.0321 e. The maximum absolute atomic E-state index is 3.86. The molecule has 0 atom stereocenters. The molecule has 0 aromatic heterocycles. The van der Waals surface area contributed by atoms with E-state index < -0.39 is 0 Å². The molecule has 0 aliphatic carbocycles. The lowest BCUT2D eigenvalue weighted by Crippen LogP contribution is -2.03. The van der Waals surface area contributed by atoms with Gasteiger partial charge in [0.1, 0.15) is 0 Å². The summed E-state index contributed by atoms with van der Waals surface area (Å²) >= 11 is 0. The summed E-state index contributed by atoms with van der Waals surface area (Å²) in [6, 6.07) is 0. The molecule has 0 heteroatoms. The monoisotopic (exact) mass is 156 g/mol. The Hall–Kier alpha value is -0.260. The maximum atomic E-state index is 3.86. The van der Waals surface area contributed by atoms with Crippen molar-refractivity contribution in [3.63, 3.8) is 0 Å². The Morgan fingerprint density at radius 1 is 1.18 bits per heavy atom. The van der Waals surface area contributed by atoms with E-state index in [0.29, 0.717) is 5.41 Å². The Morgan fingerprint density at radius 3 is 1.64 bits per heavy atom. The number of allylic oxidation sites excluding steroid dienone is 1. The van der Waals surface area contributed by atoms with Gasteiger partial charge in [-0.2, -0.15) is 0 Å². The van der Waals surface area contributed by atoms with Crippen molar-refractivity contribution < 1.29 is 0 Å². The standard InChI is InChI=1S/C9H18.C2H6/c1-8(2)6-7-9(3,4)5;1-2/h1,6-7H2,2-5H3;1-2H3. The Kier molecular flexibility index (Phi) is 7.82. The van der Waals surface area contributed by atoms with Gasteiger partial charge in [-0.05, 0) is 25.2 Å². The second kappa shape index (κ2) is 6.45. The van der Waals surface area contributed by atoms with Crippen LogP contribution in [0.15, 0.2) is 12.2 Å². The zero-order valence-electron chi connectivity index (χ0n) is 9.12. The number of hydrogen-bond donors (Lipinski definition) is 0. The van der Waals surface area contributed by atoms with E-state index in [9.17, 15) is 0 Å². The van der Waals surface area contributed by atoms with Crippen LogP contribution in [-0.2, 0) is 0 Å². The minimum Gasteiger partial charge on any atom is -0.100 e. The van der Waals surface area contributed by atoms with Crippen molar-refractivity contribution in [3.05, 3.63) is 12.2 Å². The van der Waals surface area contributed by atoms with E-state index in [-0.39, 0.29) is 0 Å². The van der Waals surface area contributed by atoms with E-state index in [4.69, 9.17) is 0 Å². The fourth-order valence-electron chi connectivity index (χ4n) is 0.588. The number of hydrogen-bond acceptors (Lipinski definition) is 0. The lowest BCUT2D eigenvalue weighted by atomic mass is 9.89. The third-order valence-electron chi connectivity index (χ3n) is 1.30. The zero-order chi connectivity index (χ0) is 9.49. The van der Waals surface area contributed by atoms with E-state index in [1.54, 1.807) is 0 Å². The van der Waals surface area contributed by atoms with E-state index >= 15 is 0 Å². The molecule has 0 radical (unpaired) electrons. The first-order valence-corrected chi connectivity index (χ1v) is 4.56. The van der Waals surface area contributed by atoms with Crippen molar-refractivity contribution >= 4 is 0 Å². The average Bonchev–Trinajstić information content (AvgIpc) is 1.87. The van der Waals surface area contributed by atoms with Crippen LogP contribution in [0, 0.1) is 5.41 Å². The minimum atomic E-state index is 0.471. The predicted octanol–water partition coefficient (Wildman–Crippen LogP) is 4.42. The van der Waals surface area contributed by atoms with Crippen LogP contribution < -0.4 is 0 Å². The molecule has 11 heavy (non-hydrogen) atoms. The van der Waals surface area contributed by atoms with E-state index in [2.05, 4.69) is 34.3 Å². The van der Waals surface area contributed by atoms with Crippen molar-refractivity contribution in [1.82, 2.24) is 0 Å². The van der Waals surface area contributed by atoms with Gasteiger partial charge in [-0.15, -0.1) is 6.58 Å². The van der Waals surface area contributed by atoms with Crippen LogP contribution in [0.1, 0.15) is 54.4 Å². The molecule has 0 heterocycles. The summed E-state index contributed by atoms with van der Waals surface area (Å²) in [6.45, 7) is 16.7. The predicted molar refractivity (Wildman–Crippen MR) is 54.9 cm³/mol. The van der Waals surface area contributed by atoms with Crippen molar-refractivity contribution in [3.8, 4) is 0 Å². The molecule has 0 nitrogen and oxygen atoms in total. The highest BCUT2D eigenvalue weighted by atomic mass is 14.1. The van der Waals surface area contributed by atoms with Gasteiger partial charge in [-0.1, -0.05) is 40.2 Å². The highest BCUT2D eigenvalue weighted by Crippen LogP contribution is 2.22. The molecule has 68 valence electrons. The molecular formula is C11H24. The lowest BCUT2D eigenvalue weighted by Gasteiger charge is -2.17. The van der Waals surface area contributed by atoms with Crippen LogP contribution in [0.4, 0.5) is 0 Å². The molecule has 0 aliphatic heterocycles. The van der Waals surface area contributed by atoms with Crippen LogP contribution in [0.2, 0.25) is 0 Å². The molecule has 0 saturated carbocycles. The van der Waals surface area contributed by atoms with Gasteiger partial charge in [0.05, 0.1) is 0 Å². The summed E-state index contributed by atoms with van der Waals surface area (Å²) in [7, 11) is 0. The third-order valence-corrected chi connectivity index (χ3v) is 1.30. The van der Waals surface area contributed by atoms with E-state index in [1.807, 2.05) is 13.8 Å². The molecule has 0 saturated heterocycles. The Balaban J connectivity index is 0. The molecule has 0 rings (SSSR count). The Labute approximate surface area is 72.7 Å². The molecule has 0 aromatic rings. The first-order chi connectivity index (χ1) is 4.92. The first kappa shape index (κ1) is 13.3. The fraction of sp³-hybridized carbons (Fsp3) is 0.818. The summed E-state index contributed by atoms with van der Waals surface area (Å²) in [5.74, 6) is 0. The van der Waals surface area contributed by atoms with Crippen LogP contribution in [0.3, 0.4) is 0 Å². The molecule has 0 N–H and O–H groups in total. The minimum absolute atomic E-state index is 0.471. The highest BCUT2D eigenvalue weighted by Gasteiger charge is 2.08. The third kappa shape index (κ3) is 17.7. The van der Waals surface area contributed by atoms with Crippen molar-refractivity contribution in [2.45, 2.75) is 54.4 Å². The Bertz CT molecular complexity index is 93.1. The summed E-state index contributed by atoms with van der Waals surface area (Å²) in [5.41, 5.74) is 1.77. The van der Waals surface area contributed by atoms with Gasteiger partial charge in [0, 0.05) is 0 Å². The van der Waals surface area contributed by atoms with Gasteiger partial charge in [-0.25, -0.2) is 0 Å². The van der Waals surface area contributed by atoms with Gasteiger partial charge in [0.25, 0.3) is 0 Å². The van der Waals surface area contributed by atoms with Crippen molar-refractivity contribution in [2.75, 3.05) is 0 Å². The van der Waals surface area contributed by atoms with Gasteiger partial charge < -0.3 is 0 Å². The van der Waals surface area contributed by atoms with Crippen LogP contribution >= 0.6 is 0 Å². The van der Waals surface area contributed by atoms with Crippen molar-refractivity contribution in [1.29, 1.82) is 0 Å². The first-order valence-electron chi connectivity index (χ1n) is 4.56. The molecular weight excluding hydrogens is 132 g/mol. The SMILES string of the molecule is C=C(C)CCC(C)(C)C.CC. The molecule has 0 fully saturated rings. The molecule has 0 aliphatic rings. The Morgan fingerprint density at radius 2 is 1.55 bits per heavy atom. The largest absolute Gasteiger partial charge is 0.100 e. The normalized spacial score (nSPS) is 10.0. The van der Waals surface area contributed by atoms with Gasteiger partial charge >= 0.3 is 0 Å². The molecule has 0 spiro atoms. The van der Waals surface area contributed by atoms with Gasteiger partial charge in [-0.3, -0.25) is 0 Å². The van der Waals surface area contributed by atoms with E-state index in [0.717, 1.165) is 0 Å².